The Hall–Kier alpha value is -5.18. The van der Waals surface area contributed by atoms with Crippen molar-refractivity contribution in [1.82, 2.24) is 0 Å². The van der Waals surface area contributed by atoms with E-state index in [4.69, 9.17) is 13.9 Å². The van der Waals surface area contributed by atoms with Gasteiger partial charge in [0.2, 0.25) is 11.2 Å². The number of carbonyl (C=O) groups is 1. The van der Waals surface area contributed by atoms with Crippen LogP contribution < -0.4 is 14.9 Å². The number of ether oxygens (including phenoxy) is 2. The van der Waals surface area contributed by atoms with Gasteiger partial charge < -0.3 is 13.9 Å². The first-order valence-electron chi connectivity index (χ1n) is 11.8. The molecule has 40 heavy (non-hydrogen) atoms. The molecule has 1 aromatic heterocycles. The predicted octanol–water partition coefficient (Wildman–Crippen LogP) is 8.03. The van der Waals surface area contributed by atoms with Crippen LogP contribution in [0.25, 0.3) is 28.2 Å². The highest BCUT2D eigenvalue weighted by Crippen LogP contribution is 2.39. The highest BCUT2D eigenvalue weighted by atomic mass is 19.4. The maximum Gasteiger partial charge on any atom is 0.453 e. The Morgan fingerprint density at radius 1 is 0.800 bits per heavy atom. The van der Waals surface area contributed by atoms with Gasteiger partial charge in [0.1, 0.15) is 22.9 Å². The van der Waals surface area contributed by atoms with Crippen molar-refractivity contribution in [2.24, 2.45) is 0 Å². The van der Waals surface area contributed by atoms with Gasteiger partial charge in [0, 0.05) is 12.1 Å². The molecule has 0 saturated carbocycles. The van der Waals surface area contributed by atoms with Crippen LogP contribution in [0.1, 0.15) is 11.3 Å². The lowest BCUT2D eigenvalue weighted by molar-refractivity contribution is -0.154. The molecule has 0 aliphatic rings. The zero-order valence-corrected chi connectivity index (χ0v) is 20.4. The fourth-order valence-corrected chi connectivity index (χ4v) is 3.85. The van der Waals surface area contributed by atoms with Gasteiger partial charge in [-0.2, -0.15) is 13.2 Å². The normalized spacial score (nSPS) is 11.6. The summed E-state index contributed by atoms with van der Waals surface area (Å²) in [5, 5.41) is -0.203. The topological polar surface area (TPSA) is 65.7 Å². The van der Waals surface area contributed by atoms with Crippen LogP contribution in [0.4, 0.5) is 17.6 Å². The molecule has 9 heteroatoms. The summed E-state index contributed by atoms with van der Waals surface area (Å²) in [4.78, 5) is 25.3. The van der Waals surface area contributed by atoms with E-state index in [0.717, 1.165) is 23.3 Å². The molecule has 5 aromatic rings. The van der Waals surface area contributed by atoms with Crippen LogP contribution in [-0.2, 0) is 11.0 Å². The lowest BCUT2D eigenvalue weighted by Crippen LogP contribution is -2.15. The number of alkyl halides is 3. The largest absolute Gasteiger partial charge is 0.453 e. The number of benzene rings is 4. The predicted molar refractivity (Wildman–Crippen MR) is 141 cm³/mol. The van der Waals surface area contributed by atoms with Gasteiger partial charge >= 0.3 is 12.1 Å². The van der Waals surface area contributed by atoms with E-state index in [1.807, 2.05) is 30.3 Å². The standard InChI is InChI=1S/C31H18F4O5/c32-22-11-6-19(7-12-22)8-17-27(36)38-24-15-16-25-26(18-24)40-30(31(33,34)35)29(28(25)37)39-23-13-9-21(10-14-23)20-4-2-1-3-5-20/h1-18H/b17-8+. The van der Waals surface area contributed by atoms with Gasteiger partial charge in [-0.05, 0) is 59.2 Å². The Labute approximate surface area is 224 Å². The molecular formula is C31H18F4O5. The fourth-order valence-electron chi connectivity index (χ4n) is 3.85. The number of hydrogen-bond acceptors (Lipinski definition) is 5. The number of hydrogen-bond donors (Lipinski definition) is 0. The fraction of sp³-hybridized carbons (Fsp3) is 0.0323. The molecule has 1 heterocycles. The number of fused-ring (bicyclic) bond motifs is 1. The summed E-state index contributed by atoms with van der Waals surface area (Å²) in [6.07, 6.45) is -2.62. The van der Waals surface area contributed by atoms with Crippen molar-refractivity contribution in [3.05, 3.63) is 131 Å². The zero-order valence-electron chi connectivity index (χ0n) is 20.4. The van der Waals surface area contributed by atoms with Crippen LogP contribution in [-0.4, -0.2) is 5.97 Å². The van der Waals surface area contributed by atoms with E-state index >= 15 is 0 Å². The van der Waals surface area contributed by atoms with Crippen molar-refractivity contribution in [2.45, 2.75) is 6.18 Å². The molecule has 0 aliphatic heterocycles. The van der Waals surface area contributed by atoms with Gasteiger partial charge in [-0.25, -0.2) is 9.18 Å². The SMILES string of the molecule is O=C(/C=C/c1ccc(F)cc1)Oc1ccc2c(=O)c(Oc3ccc(-c4ccccc4)cc3)c(C(F)(F)F)oc2c1. The monoisotopic (exact) mass is 546 g/mol. The maximum absolute atomic E-state index is 13.9. The molecule has 0 fully saturated rings. The second-order valence-corrected chi connectivity index (χ2v) is 8.54. The molecular weight excluding hydrogens is 528 g/mol. The van der Waals surface area contributed by atoms with Crippen molar-refractivity contribution >= 4 is 23.0 Å². The van der Waals surface area contributed by atoms with Crippen molar-refractivity contribution in [2.75, 3.05) is 0 Å². The third-order valence-electron chi connectivity index (χ3n) is 5.76. The summed E-state index contributed by atoms with van der Waals surface area (Å²) < 4.78 is 70.3. The highest BCUT2D eigenvalue weighted by molar-refractivity contribution is 5.89. The van der Waals surface area contributed by atoms with Gasteiger partial charge in [0.25, 0.3) is 5.76 Å². The lowest BCUT2D eigenvalue weighted by atomic mass is 10.1. The van der Waals surface area contributed by atoms with E-state index < -0.39 is 40.5 Å². The molecule has 0 radical (unpaired) electrons. The van der Waals surface area contributed by atoms with E-state index in [9.17, 15) is 27.2 Å². The molecule has 5 rings (SSSR count). The first-order chi connectivity index (χ1) is 19.2. The van der Waals surface area contributed by atoms with E-state index in [-0.39, 0.29) is 16.9 Å². The Morgan fingerprint density at radius 2 is 1.45 bits per heavy atom. The minimum atomic E-state index is -5.06. The summed E-state index contributed by atoms with van der Waals surface area (Å²) in [5.41, 5.74) is 0.744. The van der Waals surface area contributed by atoms with Gasteiger partial charge in [-0.15, -0.1) is 0 Å². The lowest BCUT2D eigenvalue weighted by Gasteiger charge is -2.14. The van der Waals surface area contributed by atoms with E-state index in [2.05, 4.69) is 0 Å². The molecule has 0 N–H and O–H groups in total. The van der Waals surface area contributed by atoms with E-state index in [1.165, 1.54) is 54.6 Å². The Balaban J connectivity index is 1.42. The average Bonchev–Trinajstić information content (AvgIpc) is 2.94. The van der Waals surface area contributed by atoms with Gasteiger partial charge in [-0.3, -0.25) is 4.79 Å². The first-order valence-corrected chi connectivity index (χ1v) is 11.8. The van der Waals surface area contributed by atoms with E-state index in [0.29, 0.717) is 5.56 Å². The summed E-state index contributed by atoms with van der Waals surface area (Å²) >= 11 is 0. The molecule has 0 saturated heterocycles. The van der Waals surface area contributed by atoms with Crippen LogP contribution in [0, 0.1) is 5.82 Å². The molecule has 0 spiro atoms. The third kappa shape index (κ3) is 5.94. The molecule has 0 bridgehead atoms. The Morgan fingerprint density at radius 3 is 2.12 bits per heavy atom. The van der Waals surface area contributed by atoms with Crippen molar-refractivity contribution in [1.29, 1.82) is 0 Å². The van der Waals surface area contributed by atoms with Crippen LogP contribution in [0.2, 0.25) is 0 Å². The van der Waals surface area contributed by atoms with Crippen molar-refractivity contribution in [3.8, 4) is 28.4 Å². The number of halogens is 4. The number of esters is 1. The Kier molecular flexibility index (Phi) is 7.20. The first kappa shape index (κ1) is 26.4. The number of carbonyl (C=O) groups excluding carboxylic acids is 1. The second-order valence-electron chi connectivity index (χ2n) is 8.54. The molecule has 0 amide bonds. The minimum Gasteiger partial charge on any atom is -0.449 e. The minimum absolute atomic E-state index is 0.00956. The Bertz CT molecular complexity index is 1760. The van der Waals surface area contributed by atoms with Crippen LogP contribution in [0.3, 0.4) is 0 Å². The zero-order chi connectivity index (χ0) is 28.3. The smallest absolute Gasteiger partial charge is 0.449 e. The molecule has 0 unspecified atom stereocenters. The van der Waals surface area contributed by atoms with Crippen molar-refractivity contribution < 1.29 is 36.2 Å². The molecule has 5 nitrogen and oxygen atoms in total. The summed E-state index contributed by atoms with van der Waals surface area (Å²) in [6.45, 7) is 0. The second kappa shape index (κ2) is 10.9. The molecule has 0 aliphatic carbocycles. The molecule has 200 valence electrons. The van der Waals surface area contributed by atoms with E-state index in [1.54, 1.807) is 12.1 Å². The van der Waals surface area contributed by atoms with Crippen LogP contribution in [0.5, 0.6) is 17.2 Å². The summed E-state index contributed by atoms with van der Waals surface area (Å²) in [6, 6.07) is 24.3. The maximum atomic E-state index is 13.9. The quantitative estimate of drug-likeness (QED) is 0.0934. The summed E-state index contributed by atoms with van der Waals surface area (Å²) in [7, 11) is 0. The average molecular weight is 546 g/mol. The molecule has 0 atom stereocenters. The van der Waals surface area contributed by atoms with Crippen LogP contribution in [0.15, 0.2) is 112 Å². The van der Waals surface area contributed by atoms with Gasteiger partial charge in [0.15, 0.2) is 0 Å². The van der Waals surface area contributed by atoms with Gasteiger partial charge in [0.05, 0.1) is 5.39 Å². The third-order valence-corrected chi connectivity index (χ3v) is 5.76. The highest BCUT2D eigenvalue weighted by Gasteiger charge is 2.40. The molecule has 4 aromatic carbocycles. The number of rotatable bonds is 6. The summed E-state index contributed by atoms with van der Waals surface area (Å²) in [5.74, 6) is -4.07. The van der Waals surface area contributed by atoms with Gasteiger partial charge in [-0.1, -0.05) is 54.6 Å². The van der Waals surface area contributed by atoms with Crippen molar-refractivity contribution in [3.63, 3.8) is 0 Å². The van der Waals surface area contributed by atoms with Crippen LogP contribution >= 0.6 is 0 Å².